The first-order valence-corrected chi connectivity index (χ1v) is 38.7. The topological polar surface area (TPSA) is 415 Å². The van der Waals surface area contributed by atoms with Gasteiger partial charge < -0.3 is 61.7 Å². The zero-order valence-corrected chi connectivity index (χ0v) is 66.7. The summed E-state index contributed by atoms with van der Waals surface area (Å²) in [7, 11) is 0. The van der Waals surface area contributed by atoms with Crippen LogP contribution in [0.2, 0.25) is 0 Å². The van der Waals surface area contributed by atoms with Crippen LogP contribution in [0.15, 0.2) is 323 Å². The number of anilines is 1. The van der Waals surface area contributed by atoms with Crippen LogP contribution in [0, 0.1) is 0 Å². The molecule has 14 aromatic rings. The van der Waals surface area contributed by atoms with Crippen molar-refractivity contribution in [2.45, 2.75) is 83.1 Å². The molecular formula is C94H89N15O12. The number of nitrogens with one attached hydrogen (secondary N) is 10. The van der Waals surface area contributed by atoms with E-state index >= 15 is 0 Å². The van der Waals surface area contributed by atoms with Crippen LogP contribution in [0.25, 0.3) is 55.6 Å². The molecule has 27 nitrogen and oxygen atoms in total. The van der Waals surface area contributed by atoms with Gasteiger partial charge in [-0.1, -0.05) is 131 Å². The van der Waals surface area contributed by atoms with Gasteiger partial charge in [0, 0.05) is 130 Å². The van der Waals surface area contributed by atoms with Gasteiger partial charge in [-0.2, -0.15) is 0 Å². The average Bonchev–Trinajstić information content (AvgIpc) is 1.67. The highest BCUT2D eigenvalue weighted by molar-refractivity contribution is 6.05. The molecule has 5 atom stereocenters. The van der Waals surface area contributed by atoms with Crippen molar-refractivity contribution in [1.29, 1.82) is 0 Å². The Labute approximate surface area is 695 Å². The monoisotopic (exact) mass is 1620 g/mol. The van der Waals surface area contributed by atoms with Crippen molar-refractivity contribution < 1.29 is 34.2 Å². The summed E-state index contributed by atoms with van der Waals surface area (Å²) < 4.78 is 0. The van der Waals surface area contributed by atoms with E-state index in [4.69, 9.17) is 0 Å². The molecule has 0 bridgehead atoms. The summed E-state index contributed by atoms with van der Waals surface area (Å²) in [6, 6.07) is 61.9. The number of rotatable bonds is 21. The van der Waals surface area contributed by atoms with E-state index in [1.165, 1.54) is 17.7 Å². The average molecular weight is 1620 g/mol. The zero-order chi connectivity index (χ0) is 85.8. The zero-order valence-electron chi connectivity index (χ0n) is 66.7. The van der Waals surface area contributed by atoms with E-state index in [9.17, 15) is 58.2 Å². The Bertz CT molecular complexity index is 5930. The largest absolute Gasteiger partial charge is 0.387 e. The van der Waals surface area contributed by atoms with Gasteiger partial charge >= 0.3 is 0 Å². The molecule has 0 saturated heterocycles. The van der Waals surface area contributed by atoms with Crippen molar-refractivity contribution in [3.8, 4) is 55.6 Å². The minimum Gasteiger partial charge on any atom is -0.387 e. The predicted molar refractivity (Wildman–Crippen MR) is 464 cm³/mol. The van der Waals surface area contributed by atoms with Crippen LogP contribution in [0.5, 0.6) is 0 Å². The third-order valence-electron chi connectivity index (χ3n) is 19.4. The number of H-pyrrole nitrogens is 5. The summed E-state index contributed by atoms with van der Waals surface area (Å²) in [6.07, 6.45) is 24.5. The highest BCUT2D eigenvalue weighted by atomic mass is 16.3. The molecule has 3 unspecified atom stereocenters. The molecule has 0 aliphatic heterocycles. The molecular weight excluding hydrogens is 1530 g/mol. The first-order chi connectivity index (χ1) is 58.5. The molecule has 1 fully saturated rings. The van der Waals surface area contributed by atoms with Crippen LogP contribution < -0.4 is 54.4 Å². The van der Waals surface area contributed by atoms with Gasteiger partial charge in [-0.15, -0.1) is 0 Å². The van der Waals surface area contributed by atoms with Gasteiger partial charge in [0.1, 0.15) is 27.8 Å². The number of aromatic amines is 5. The number of carbonyl (C=O) groups is 5. The van der Waals surface area contributed by atoms with Crippen molar-refractivity contribution in [2.75, 3.05) is 18.4 Å². The first-order valence-electron chi connectivity index (χ1n) is 38.7. The molecule has 1 aliphatic carbocycles. The lowest BCUT2D eigenvalue weighted by molar-refractivity contribution is 0.0908. The fourth-order valence-corrected chi connectivity index (χ4v) is 12.3. The second kappa shape index (κ2) is 42.0. The lowest BCUT2D eigenvalue weighted by Crippen LogP contribution is -2.35. The Morgan fingerprint density at radius 2 is 0.702 bits per heavy atom. The van der Waals surface area contributed by atoms with Crippen molar-refractivity contribution in [2.24, 2.45) is 0 Å². The molecule has 121 heavy (non-hydrogen) atoms. The Hall–Kier alpha value is -15.4. The third kappa shape index (κ3) is 24.6. The minimum atomic E-state index is -0.840. The van der Waals surface area contributed by atoms with E-state index in [0.717, 1.165) is 62.9 Å². The van der Waals surface area contributed by atoms with E-state index in [1.807, 2.05) is 129 Å². The number of aromatic nitrogens is 10. The maximum atomic E-state index is 12.6. The summed E-state index contributed by atoms with van der Waals surface area (Å²) in [5.74, 6) is -1.86. The smallest absolute Gasteiger partial charge is 0.261 e. The van der Waals surface area contributed by atoms with Crippen LogP contribution in [0.4, 0.5) is 5.69 Å². The number of aliphatic hydroxyl groups excluding tert-OH is 2. The number of hydrogen-bond acceptors (Lipinski definition) is 17. The van der Waals surface area contributed by atoms with E-state index in [0.29, 0.717) is 33.9 Å². The van der Waals surface area contributed by atoms with Gasteiger partial charge in [0.05, 0.1) is 12.2 Å². The van der Waals surface area contributed by atoms with Crippen molar-refractivity contribution in [3.63, 3.8) is 0 Å². The number of pyridine rings is 10. The standard InChI is InChI=1S/C21H21N3O2.C20H17N3O2.2C19H17N3O3.C15H17N3O2/c1-21(2,3)16-5-4-6-17(12-16)24-20(26)18-11-15(13-23-19(18)25)14-7-9-22-10-8-14;24-19-17(10-15(12-22-19)13-6-8-21-9-7-13)20(25)23-18-11-16(18)14-4-2-1-3-5-14;2*23-17(14-4-2-1-3-5-14)12-22-19(25)16-10-15(11-21-18(16)24)13-6-8-20-9-7-13;1-3-10(2)18-15(20)13-8-12(9-17-14(13)19)11-4-6-16-7-5-11/h4-13H,1-3H3,(H,23,25)(H,24,26);1-10,12,16,18H,11H2,(H,22,24)(H,23,25);2*1-11,17,23H,12H2,(H,21,24)(H,22,25);4-10H,3H2,1-2H3,(H,17,19)(H,18,20)/t;16-,18?;17-;;/m.00../s1. The van der Waals surface area contributed by atoms with Gasteiger partial charge in [-0.25, -0.2) is 0 Å². The van der Waals surface area contributed by atoms with Crippen molar-refractivity contribution in [1.82, 2.24) is 71.1 Å². The van der Waals surface area contributed by atoms with E-state index in [1.54, 1.807) is 160 Å². The Kier molecular flexibility index (Phi) is 30.0. The Morgan fingerprint density at radius 3 is 1.03 bits per heavy atom. The SMILES string of the molecule is CC(C)(C)c1cccc(NC(=O)c2cc(-c3ccncc3)c[nH]c2=O)c1.CCC(C)NC(=O)c1cc(-c2ccncc2)c[nH]c1=O.O=C(NC1C[C@H]1c1ccccc1)c1cc(-c2ccncc2)c[nH]c1=O.O=C(NCC(O)c1ccccc1)c1cc(-c2ccncc2)c[nH]c1=O.O=C(NC[C@H](O)c1ccccc1)c1cc(-c2ccncc2)c[nH]c1=O. The van der Waals surface area contributed by atoms with Crippen LogP contribution in [-0.2, 0) is 5.41 Å². The van der Waals surface area contributed by atoms with Crippen LogP contribution in [0.3, 0.4) is 0 Å². The lowest BCUT2D eigenvalue weighted by atomic mass is 9.87. The summed E-state index contributed by atoms with van der Waals surface area (Å²) >= 11 is 0. The van der Waals surface area contributed by atoms with Gasteiger partial charge in [0.15, 0.2) is 0 Å². The maximum absolute atomic E-state index is 12.6. The predicted octanol–water partition coefficient (Wildman–Crippen LogP) is 12.5. The maximum Gasteiger partial charge on any atom is 0.261 e. The van der Waals surface area contributed by atoms with Crippen LogP contribution in [-0.4, -0.2) is 115 Å². The highest BCUT2D eigenvalue weighted by Crippen LogP contribution is 2.41. The van der Waals surface area contributed by atoms with E-state index < -0.39 is 46.6 Å². The minimum absolute atomic E-state index is 0.00502. The fraction of sp³-hybridized carbons (Fsp3) is 0.160. The molecule has 10 heterocycles. The van der Waals surface area contributed by atoms with E-state index in [-0.39, 0.29) is 81.3 Å². The molecule has 10 aromatic heterocycles. The number of amides is 5. The summed E-state index contributed by atoms with van der Waals surface area (Å²) in [6.45, 7) is 10.2. The number of carbonyl (C=O) groups excluding carboxylic acids is 5. The molecule has 612 valence electrons. The Morgan fingerprint density at radius 1 is 0.388 bits per heavy atom. The first kappa shape index (κ1) is 86.5. The fourth-order valence-electron chi connectivity index (χ4n) is 12.3. The molecule has 12 N–H and O–H groups in total. The molecule has 27 heteroatoms. The van der Waals surface area contributed by atoms with Crippen LogP contribution >= 0.6 is 0 Å². The number of nitrogens with zero attached hydrogens (tertiary/aromatic N) is 5. The molecule has 15 rings (SSSR count). The van der Waals surface area contributed by atoms with Gasteiger partial charge in [0.2, 0.25) is 0 Å². The quantitative estimate of drug-likeness (QED) is 0.0318. The molecule has 1 aliphatic rings. The van der Waals surface area contributed by atoms with Gasteiger partial charge in [0.25, 0.3) is 57.3 Å². The van der Waals surface area contributed by atoms with Gasteiger partial charge in [-0.3, -0.25) is 72.9 Å². The second-order valence-corrected chi connectivity index (χ2v) is 29.0. The van der Waals surface area contributed by atoms with Crippen molar-refractivity contribution in [3.05, 3.63) is 401 Å². The third-order valence-corrected chi connectivity index (χ3v) is 19.4. The van der Waals surface area contributed by atoms with Crippen LogP contribution in [0.1, 0.15) is 140 Å². The lowest BCUT2D eigenvalue weighted by Gasteiger charge is -2.19. The summed E-state index contributed by atoms with van der Waals surface area (Å²) in [5.41, 5.74) is 10.6. The van der Waals surface area contributed by atoms with Gasteiger partial charge in [-0.05, 0) is 206 Å². The summed E-state index contributed by atoms with van der Waals surface area (Å²) in [4.78, 5) is 155. The van der Waals surface area contributed by atoms with E-state index in [2.05, 4.69) is 109 Å². The number of benzene rings is 4. The molecule has 0 radical (unpaired) electrons. The Balaban J connectivity index is 0.000000148. The normalized spacial score (nSPS) is 13.0. The van der Waals surface area contributed by atoms with Crippen molar-refractivity contribution >= 4 is 35.2 Å². The second-order valence-electron chi connectivity index (χ2n) is 29.0. The number of aliphatic hydroxyl groups is 2. The highest BCUT2D eigenvalue weighted by Gasteiger charge is 2.40. The molecule has 0 spiro atoms. The molecule has 5 amide bonds. The molecule has 1 saturated carbocycles. The molecule has 4 aromatic carbocycles. The summed E-state index contributed by atoms with van der Waals surface area (Å²) in [5, 5.41) is 34.0. The number of hydrogen-bond donors (Lipinski definition) is 12.